The number of hydrogen-bond donors (Lipinski definition) is 2. The first-order valence-corrected chi connectivity index (χ1v) is 9.06. The highest BCUT2D eigenvalue weighted by Gasteiger charge is 2.18. The number of benzene rings is 1. The molecule has 1 aliphatic carbocycles. The molecule has 1 atom stereocenters. The molecule has 0 radical (unpaired) electrons. The molecular formula is C15H23NO3S. The van der Waals surface area contributed by atoms with Crippen molar-refractivity contribution in [2.45, 2.75) is 43.1 Å². The molecule has 0 spiro atoms. The van der Waals surface area contributed by atoms with Gasteiger partial charge in [0.2, 0.25) is 0 Å². The van der Waals surface area contributed by atoms with E-state index in [1.165, 1.54) is 31.9 Å². The van der Waals surface area contributed by atoms with E-state index in [9.17, 15) is 13.5 Å². The molecule has 0 aromatic heterocycles. The van der Waals surface area contributed by atoms with Crippen molar-refractivity contribution in [2.75, 3.05) is 18.1 Å². The lowest BCUT2D eigenvalue weighted by molar-refractivity contribution is 0.155. The molecule has 2 rings (SSSR count). The fraction of sp³-hybridized carbons (Fsp3) is 0.600. The Morgan fingerprint density at radius 3 is 2.40 bits per heavy atom. The minimum Gasteiger partial charge on any atom is -0.391 e. The van der Waals surface area contributed by atoms with Crippen molar-refractivity contribution >= 4 is 15.5 Å². The summed E-state index contributed by atoms with van der Waals surface area (Å²) < 4.78 is 22.7. The van der Waals surface area contributed by atoms with Crippen LogP contribution in [0.4, 0.5) is 5.69 Å². The summed E-state index contributed by atoms with van der Waals surface area (Å²) in [6.45, 7) is 0.509. The summed E-state index contributed by atoms with van der Waals surface area (Å²) in [7, 11) is -3.14. The van der Waals surface area contributed by atoms with Crippen LogP contribution in [0.15, 0.2) is 29.2 Å². The number of aliphatic hydroxyl groups excluding tert-OH is 1. The van der Waals surface area contributed by atoms with E-state index in [1.807, 2.05) is 0 Å². The smallest absolute Gasteiger partial charge is 0.175 e. The Bertz CT molecular complexity index is 519. The van der Waals surface area contributed by atoms with E-state index in [4.69, 9.17) is 0 Å². The second kappa shape index (κ2) is 6.59. The van der Waals surface area contributed by atoms with Crippen LogP contribution in [0.5, 0.6) is 0 Å². The van der Waals surface area contributed by atoms with Gasteiger partial charge in [-0.1, -0.05) is 25.7 Å². The lowest BCUT2D eigenvalue weighted by Gasteiger charge is -2.16. The summed E-state index contributed by atoms with van der Waals surface area (Å²) in [6, 6.07) is 6.64. The van der Waals surface area contributed by atoms with Crippen molar-refractivity contribution in [1.82, 2.24) is 0 Å². The quantitative estimate of drug-likeness (QED) is 0.846. The summed E-state index contributed by atoms with van der Waals surface area (Å²) in [6.07, 6.45) is 6.76. The molecule has 1 aliphatic rings. The van der Waals surface area contributed by atoms with Gasteiger partial charge in [0.25, 0.3) is 0 Å². The Hall–Kier alpha value is -1.07. The molecule has 0 heterocycles. The Labute approximate surface area is 121 Å². The summed E-state index contributed by atoms with van der Waals surface area (Å²) >= 11 is 0. The molecule has 5 heteroatoms. The summed E-state index contributed by atoms with van der Waals surface area (Å²) in [5, 5.41) is 13.1. The van der Waals surface area contributed by atoms with Crippen molar-refractivity contribution in [1.29, 1.82) is 0 Å². The van der Waals surface area contributed by atoms with Gasteiger partial charge in [0.05, 0.1) is 11.0 Å². The Morgan fingerprint density at radius 1 is 1.25 bits per heavy atom. The van der Waals surface area contributed by atoms with Gasteiger partial charge in [-0.3, -0.25) is 0 Å². The van der Waals surface area contributed by atoms with Crippen LogP contribution in [0, 0.1) is 5.92 Å². The molecule has 1 fully saturated rings. The monoisotopic (exact) mass is 297 g/mol. The van der Waals surface area contributed by atoms with Crippen LogP contribution in [0.1, 0.15) is 32.1 Å². The van der Waals surface area contributed by atoms with Gasteiger partial charge in [-0.25, -0.2) is 8.42 Å². The van der Waals surface area contributed by atoms with Gasteiger partial charge >= 0.3 is 0 Å². The van der Waals surface area contributed by atoms with Crippen molar-refractivity contribution in [3.05, 3.63) is 24.3 Å². The maximum absolute atomic E-state index is 11.3. The number of rotatable bonds is 6. The molecule has 4 nitrogen and oxygen atoms in total. The fourth-order valence-electron chi connectivity index (χ4n) is 2.77. The maximum atomic E-state index is 11.3. The second-order valence-corrected chi connectivity index (χ2v) is 7.73. The third-order valence-corrected chi connectivity index (χ3v) is 5.03. The average molecular weight is 297 g/mol. The first-order valence-electron chi connectivity index (χ1n) is 7.17. The number of sulfone groups is 1. The van der Waals surface area contributed by atoms with Crippen LogP contribution < -0.4 is 5.32 Å². The van der Waals surface area contributed by atoms with E-state index in [1.54, 1.807) is 24.3 Å². The number of nitrogens with one attached hydrogen (secondary N) is 1. The van der Waals surface area contributed by atoms with Crippen molar-refractivity contribution in [3.8, 4) is 0 Å². The van der Waals surface area contributed by atoms with Crippen LogP contribution in [-0.4, -0.2) is 32.4 Å². The van der Waals surface area contributed by atoms with Gasteiger partial charge < -0.3 is 10.4 Å². The molecule has 1 unspecified atom stereocenters. The van der Waals surface area contributed by atoms with Gasteiger partial charge in [0, 0.05) is 18.5 Å². The SMILES string of the molecule is CS(=O)(=O)c1ccc(NCC(O)CC2CCCC2)cc1. The molecular weight excluding hydrogens is 274 g/mol. The van der Waals surface area contributed by atoms with Crippen LogP contribution in [0.25, 0.3) is 0 Å². The molecule has 0 bridgehead atoms. The predicted molar refractivity (Wildman–Crippen MR) is 80.6 cm³/mol. The lowest BCUT2D eigenvalue weighted by Crippen LogP contribution is -2.22. The zero-order chi connectivity index (χ0) is 14.6. The highest BCUT2D eigenvalue weighted by Crippen LogP contribution is 2.28. The van der Waals surface area contributed by atoms with Crippen molar-refractivity contribution < 1.29 is 13.5 Å². The van der Waals surface area contributed by atoms with Gasteiger partial charge in [-0.15, -0.1) is 0 Å². The molecule has 1 saturated carbocycles. The Kier molecular flexibility index (Phi) is 5.05. The Balaban J connectivity index is 1.81. The maximum Gasteiger partial charge on any atom is 0.175 e. The number of anilines is 1. The molecule has 20 heavy (non-hydrogen) atoms. The molecule has 0 aliphatic heterocycles. The van der Waals surface area contributed by atoms with E-state index in [0.717, 1.165) is 12.1 Å². The van der Waals surface area contributed by atoms with E-state index in [2.05, 4.69) is 5.32 Å². The average Bonchev–Trinajstić information content (AvgIpc) is 2.88. The summed E-state index contributed by atoms with van der Waals surface area (Å²) in [5.41, 5.74) is 0.836. The number of hydrogen-bond acceptors (Lipinski definition) is 4. The zero-order valence-electron chi connectivity index (χ0n) is 11.9. The van der Waals surface area contributed by atoms with Crippen molar-refractivity contribution in [2.24, 2.45) is 5.92 Å². The number of aliphatic hydroxyl groups is 1. The largest absolute Gasteiger partial charge is 0.391 e. The van der Waals surface area contributed by atoms with E-state index in [-0.39, 0.29) is 6.10 Å². The first-order chi connectivity index (χ1) is 9.45. The molecule has 2 N–H and O–H groups in total. The molecule has 0 amide bonds. The van der Waals surface area contributed by atoms with Gasteiger partial charge in [0.1, 0.15) is 0 Å². The zero-order valence-corrected chi connectivity index (χ0v) is 12.7. The first kappa shape index (κ1) is 15.3. The van der Waals surface area contributed by atoms with E-state index >= 15 is 0 Å². The lowest BCUT2D eigenvalue weighted by atomic mass is 10.00. The highest BCUT2D eigenvalue weighted by atomic mass is 32.2. The fourth-order valence-corrected chi connectivity index (χ4v) is 3.40. The van der Waals surface area contributed by atoms with Gasteiger partial charge in [0.15, 0.2) is 9.84 Å². The standard InChI is InChI=1S/C15H23NO3S/c1-20(18,19)15-8-6-13(7-9-15)16-11-14(17)10-12-4-2-3-5-12/h6-9,12,14,16-17H,2-5,10-11H2,1H3. The summed E-state index contributed by atoms with van der Waals surface area (Å²) in [5.74, 6) is 0.666. The highest BCUT2D eigenvalue weighted by molar-refractivity contribution is 7.90. The molecule has 1 aromatic carbocycles. The molecule has 1 aromatic rings. The molecule has 112 valence electrons. The van der Waals surface area contributed by atoms with Gasteiger partial charge in [-0.05, 0) is 36.6 Å². The minimum atomic E-state index is -3.14. The molecule has 0 saturated heterocycles. The van der Waals surface area contributed by atoms with Crippen LogP contribution in [-0.2, 0) is 9.84 Å². The van der Waals surface area contributed by atoms with Gasteiger partial charge in [-0.2, -0.15) is 0 Å². The van der Waals surface area contributed by atoms with E-state index < -0.39 is 9.84 Å². The Morgan fingerprint density at radius 2 is 1.85 bits per heavy atom. The topological polar surface area (TPSA) is 66.4 Å². The van der Waals surface area contributed by atoms with Crippen molar-refractivity contribution in [3.63, 3.8) is 0 Å². The normalized spacial score (nSPS) is 18.1. The van der Waals surface area contributed by atoms with Crippen LogP contribution in [0.2, 0.25) is 0 Å². The summed E-state index contributed by atoms with van der Waals surface area (Å²) in [4.78, 5) is 0.314. The predicted octanol–water partition coefficient (Wildman–Crippen LogP) is 2.44. The van der Waals surface area contributed by atoms with Crippen LogP contribution in [0.3, 0.4) is 0 Å². The minimum absolute atomic E-state index is 0.314. The van der Waals surface area contributed by atoms with E-state index in [0.29, 0.717) is 17.4 Å². The van der Waals surface area contributed by atoms with Crippen LogP contribution >= 0.6 is 0 Å². The third kappa shape index (κ3) is 4.49. The second-order valence-electron chi connectivity index (χ2n) is 5.72. The third-order valence-electron chi connectivity index (χ3n) is 3.90.